The first-order valence-corrected chi connectivity index (χ1v) is 8.07. The van der Waals surface area contributed by atoms with Crippen LogP contribution in [0.5, 0.6) is 0 Å². The first-order valence-electron chi connectivity index (χ1n) is 5.78. The fourth-order valence-electron chi connectivity index (χ4n) is 1.60. The van der Waals surface area contributed by atoms with E-state index in [2.05, 4.69) is 4.72 Å². The van der Waals surface area contributed by atoms with E-state index in [9.17, 15) is 8.42 Å². The minimum Gasteiger partial charge on any atom is -0.396 e. The molecule has 2 N–H and O–H groups in total. The van der Waals surface area contributed by atoms with Gasteiger partial charge in [-0.1, -0.05) is 12.1 Å². The number of hydrogen-bond acceptors (Lipinski definition) is 5. The molecule has 2 rings (SSSR count). The fraction of sp³-hybridized carbons (Fsp3) is 0.154. The van der Waals surface area contributed by atoms with Gasteiger partial charge in [-0.05, 0) is 36.2 Å². The van der Waals surface area contributed by atoms with Crippen molar-refractivity contribution >= 4 is 27.0 Å². The molecule has 0 fully saturated rings. The highest BCUT2D eigenvalue weighted by molar-refractivity contribution is 7.94. The van der Waals surface area contributed by atoms with Gasteiger partial charge in [0.2, 0.25) is 0 Å². The summed E-state index contributed by atoms with van der Waals surface area (Å²) in [6.45, 7) is 0.0528. The quantitative estimate of drug-likeness (QED) is 0.883. The number of nitrogens with one attached hydrogen (secondary N) is 1. The van der Waals surface area contributed by atoms with Gasteiger partial charge in [0.1, 0.15) is 15.2 Å². The number of thiophene rings is 1. The number of benzene rings is 1. The van der Waals surface area contributed by atoms with E-state index in [0.29, 0.717) is 17.0 Å². The van der Waals surface area contributed by atoms with Crippen LogP contribution in [-0.4, -0.2) is 20.1 Å². The van der Waals surface area contributed by atoms with E-state index in [-0.39, 0.29) is 10.8 Å². The summed E-state index contributed by atoms with van der Waals surface area (Å²) in [7, 11) is -3.66. The van der Waals surface area contributed by atoms with Crippen molar-refractivity contribution in [1.82, 2.24) is 0 Å². The second kappa shape index (κ2) is 6.05. The molecular formula is C13H12N2O3S2. The monoisotopic (exact) mass is 308 g/mol. The molecule has 1 aromatic carbocycles. The van der Waals surface area contributed by atoms with E-state index in [1.165, 1.54) is 12.1 Å². The van der Waals surface area contributed by atoms with E-state index in [1.807, 2.05) is 6.07 Å². The van der Waals surface area contributed by atoms with Crippen molar-refractivity contribution < 1.29 is 13.5 Å². The summed E-state index contributed by atoms with van der Waals surface area (Å²) in [5, 5.41) is 17.5. The van der Waals surface area contributed by atoms with Gasteiger partial charge in [-0.3, -0.25) is 4.72 Å². The van der Waals surface area contributed by atoms with Gasteiger partial charge in [-0.15, -0.1) is 11.3 Å². The Morgan fingerprint density at radius 2 is 1.90 bits per heavy atom. The van der Waals surface area contributed by atoms with Crippen LogP contribution < -0.4 is 4.72 Å². The highest BCUT2D eigenvalue weighted by Gasteiger charge is 2.16. The molecule has 1 heterocycles. The molecule has 0 unspecified atom stereocenters. The number of sulfonamides is 1. The number of anilines is 1. The molecule has 0 saturated carbocycles. The molecule has 0 atom stereocenters. The normalized spacial score (nSPS) is 11.0. The molecule has 0 aliphatic rings. The van der Waals surface area contributed by atoms with Crippen LogP contribution in [0.4, 0.5) is 5.69 Å². The van der Waals surface area contributed by atoms with Crippen LogP contribution in [0.25, 0.3) is 0 Å². The largest absolute Gasteiger partial charge is 0.396 e. The van der Waals surface area contributed by atoms with Crippen molar-refractivity contribution in [3.63, 3.8) is 0 Å². The first kappa shape index (κ1) is 14.5. The average Bonchev–Trinajstić information content (AvgIpc) is 2.91. The summed E-state index contributed by atoms with van der Waals surface area (Å²) in [6.07, 6.45) is 0.531. The molecule has 2 aromatic rings. The molecule has 0 saturated heterocycles. The minimum absolute atomic E-state index is 0.0528. The fourth-order valence-corrected chi connectivity index (χ4v) is 3.76. The molecule has 0 aliphatic carbocycles. The number of nitrogens with zero attached hydrogens (tertiary/aromatic N) is 1. The van der Waals surface area contributed by atoms with Gasteiger partial charge >= 0.3 is 0 Å². The first-order chi connectivity index (χ1) is 9.55. The van der Waals surface area contributed by atoms with Gasteiger partial charge in [0.05, 0.1) is 0 Å². The molecule has 104 valence electrons. The zero-order valence-corrected chi connectivity index (χ0v) is 12.0. The smallest absolute Gasteiger partial charge is 0.271 e. The van der Waals surface area contributed by atoms with Gasteiger partial charge < -0.3 is 5.11 Å². The maximum absolute atomic E-state index is 12.1. The standard InChI is InChI=1S/C13H12N2O3S2/c14-9-12-5-6-13(19-12)20(17,18)15-11-3-1-10(2-4-11)7-8-16/h1-6,15-16H,7-8H2. The molecule has 20 heavy (non-hydrogen) atoms. The lowest BCUT2D eigenvalue weighted by molar-refractivity contribution is 0.299. The molecule has 0 aliphatic heterocycles. The minimum atomic E-state index is -3.66. The van der Waals surface area contributed by atoms with Crippen molar-refractivity contribution in [2.24, 2.45) is 0 Å². The second-order valence-corrected chi connectivity index (χ2v) is 7.00. The summed E-state index contributed by atoms with van der Waals surface area (Å²) in [6, 6.07) is 11.6. The highest BCUT2D eigenvalue weighted by atomic mass is 32.2. The summed E-state index contributed by atoms with van der Waals surface area (Å²) in [5.74, 6) is 0. The zero-order valence-electron chi connectivity index (χ0n) is 10.4. The Morgan fingerprint density at radius 3 is 2.45 bits per heavy atom. The Bertz CT molecular complexity index is 728. The van der Waals surface area contributed by atoms with Gasteiger partial charge in [0.25, 0.3) is 10.0 Å². The van der Waals surface area contributed by atoms with Crippen LogP contribution in [0.1, 0.15) is 10.4 Å². The van der Waals surface area contributed by atoms with Crippen LogP contribution in [0.15, 0.2) is 40.6 Å². The SMILES string of the molecule is N#Cc1ccc(S(=O)(=O)Nc2ccc(CCO)cc2)s1. The van der Waals surface area contributed by atoms with Crippen LogP contribution in [0.3, 0.4) is 0 Å². The van der Waals surface area contributed by atoms with Crippen molar-refractivity contribution in [1.29, 1.82) is 5.26 Å². The number of hydrogen-bond donors (Lipinski definition) is 2. The van der Waals surface area contributed by atoms with E-state index < -0.39 is 10.0 Å². The maximum Gasteiger partial charge on any atom is 0.271 e. The Hall–Kier alpha value is -1.88. The molecule has 0 amide bonds. The number of nitriles is 1. The van der Waals surface area contributed by atoms with Crippen LogP contribution in [-0.2, 0) is 16.4 Å². The lowest BCUT2D eigenvalue weighted by Gasteiger charge is -2.06. The van der Waals surface area contributed by atoms with Gasteiger partial charge in [0, 0.05) is 12.3 Å². The summed E-state index contributed by atoms with van der Waals surface area (Å²) >= 11 is 0.926. The van der Waals surface area contributed by atoms with Crippen LogP contribution in [0.2, 0.25) is 0 Å². The maximum atomic E-state index is 12.1. The van der Waals surface area contributed by atoms with E-state index in [1.54, 1.807) is 24.3 Å². The molecular weight excluding hydrogens is 296 g/mol. The summed E-state index contributed by atoms with van der Waals surface area (Å²) in [4.78, 5) is 0.351. The molecule has 0 radical (unpaired) electrons. The third-order valence-electron chi connectivity index (χ3n) is 2.56. The zero-order chi connectivity index (χ0) is 14.6. The van der Waals surface area contributed by atoms with Crippen molar-refractivity contribution in [3.05, 3.63) is 46.8 Å². The number of aliphatic hydroxyl groups excluding tert-OH is 1. The molecule has 0 bridgehead atoms. The number of rotatable bonds is 5. The topological polar surface area (TPSA) is 90.2 Å². The lowest BCUT2D eigenvalue weighted by Crippen LogP contribution is -2.11. The predicted octanol–water partition coefficient (Wildman–Crippen LogP) is 1.96. The predicted molar refractivity (Wildman–Crippen MR) is 77.1 cm³/mol. The average molecular weight is 308 g/mol. The Labute approximate surface area is 121 Å². The second-order valence-electron chi connectivity index (χ2n) is 4.01. The summed E-state index contributed by atoms with van der Waals surface area (Å²) in [5.41, 5.74) is 1.37. The Balaban J connectivity index is 2.17. The van der Waals surface area contributed by atoms with E-state index >= 15 is 0 Å². The van der Waals surface area contributed by atoms with Crippen molar-refractivity contribution in [2.45, 2.75) is 10.6 Å². The van der Waals surface area contributed by atoms with Crippen LogP contribution >= 0.6 is 11.3 Å². The lowest BCUT2D eigenvalue weighted by atomic mass is 10.1. The van der Waals surface area contributed by atoms with Gasteiger partial charge in [-0.25, -0.2) is 8.42 Å². The van der Waals surface area contributed by atoms with Crippen molar-refractivity contribution in [3.8, 4) is 6.07 Å². The van der Waals surface area contributed by atoms with Gasteiger partial charge in [0.15, 0.2) is 0 Å². The van der Waals surface area contributed by atoms with E-state index in [0.717, 1.165) is 16.9 Å². The van der Waals surface area contributed by atoms with Crippen molar-refractivity contribution in [2.75, 3.05) is 11.3 Å². The third-order valence-corrected chi connectivity index (χ3v) is 5.43. The molecule has 7 heteroatoms. The third kappa shape index (κ3) is 3.36. The highest BCUT2D eigenvalue weighted by Crippen LogP contribution is 2.23. The summed E-state index contributed by atoms with van der Waals surface area (Å²) < 4.78 is 26.7. The van der Waals surface area contributed by atoms with Gasteiger partial charge in [-0.2, -0.15) is 5.26 Å². The Morgan fingerprint density at radius 1 is 1.20 bits per heavy atom. The van der Waals surface area contributed by atoms with E-state index in [4.69, 9.17) is 10.4 Å². The molecule has 1 aromatic heterocycles. The molecule has 0 spiro atoms. The Kier molecular flexibility index (Phi) is 4.39. The molecule has 5 nitrogen and oxygen atoms in total. The van der Waals surface area contributed by atoms with Crippen LogP contribution in [0, 0.1) is 11.3 Å². The number of aliphatic hydroxyl groups is 1.